The summed E-state index contributed by atoms with van der Waals surface area (Å²) in [5.74, 6) is -1.13. The smallest absolute Gasteiger partial charge is 0.305 e. The fraction of sp³-hybridized carbons (Fsp3) is 0.389. The van der Waals surface area contributed by atoms with Gasteiger partial charge in [-0.1, -0.05) is 37.6 Å². The number of amides is 1. The van der Waals surface area contributed by atoms with Crippen LogP contribution in [-0.2, 0) is 17.6 Å². The van der Waals surface area contributed by atoms with Gasteiger partial charge in [-0.25, -0.2) is 0 Å². The molecule has 24 heavy (non-hydrogen) atoms. The van der Waals surface area contributed by atoms with Gasteiger partial charge in [-0.2, -0.15) is 5.10 Å². The molecule has 126 valence electrons. The van der Waals surface area contributed by atoms with Crippen molar-refractivity contribution < 1.29 is 14.7 Å². The summed E-state index contributed by atoms with van der Waals surface area (Å²) >= 11 is 0. The van der Waals surface area contributed by atoms with Crippen molar-refractivity contribution in [1.82, 2.24) is 15.1 Å². The molecule has 0 saturated heterocycles. The number of H-pyrrole nitrogens is 1. The average Bonchev–Trinajstić information content (AvgIpc) is 3.03. The standard InChI is InChI=1S/C18H21N3O3/c1-2-5-13-10-15(20-19-13)18(24)21-9-8-12-6-3-4-7-14(12)16(21)11-17(22)23/h3-4,6-7,10,16H,2,5,8-9,11H2,1H3,(H,19,20)(H,22,23). The second-order valence-electron chi connectivity index (χ2n) is 6.09. The molecule has 1 amide bonds. The van der Waals surface area contributed by atoms with E-state index in [0.29, 0.717) is 12.2 Å². The van der Waals surface area contributed by atoms with Gasteiger partial charge in [-0.15, -0.1) is 0 Å². The number of aromatic nitrogens is 2. The third kappa shape index (κ3) is 3.18. The topological polar surface area (TPSA) is 86.3 Å². The number of aryl methyl sites for hydroxylation is 1. The van der Waals surface area contributed by atoms with E-state index in [4.69, 9.17) is 0 Å². The number of hydrogen-bond donors (Lipinski definition) is 2. The number of nitrogens with one attached hydrogen (secondary N) is 1. The first-order valence-electron chi connectivity index (χ1n) is 8.25. The van der Waals surface area contributed by atoms with Crippen LogP contribution in [0, 0.1) is 0 Å². The Morgan fingerprint density at radius 2 is 2.17 bits per heavy atom. The summed E-state index contributed by atoms with van der Waals surface area (Å²) in [7, 11) is 0. The lowest BCUT2D eigenvalue weighted by Crippen LogP contribution is -2.41. The van der Waals surface area contributed by atoms with Gasteiger partial charge < -0.3 is 10.0 Å². The number of nitrogens with zero attached hydrogens (tertiary/aromatic N) is 2. The van der Waals surface area contributed by atoms with Gasteiger partial charge in [0.15, 0.2) is 0 Å². The van der Waals surface area contributed by atoms with E-state index < -0.39 is 12.0 Å². The second kappa shape index (κ2) is 6.86. The number of aromatic amines is 1. The summed E-state index contributed by atoms with van der Waals surface area (Å²) < 4.78 is 0. The lowest BCUT2D eigenvalue weighted by molar-refractivity contribution is -0.138. The molecular formula is C18H21N3O3. The van der Waals surface area contributed by atoms with Crippen LogP contribution in [0.2, 0.25) is 0 Å². The highest BCUT2D eigenvalue weighted by atomic mass is 16.4. The lowest BCUT2D eigenvalue weighted by atomic mass is 9.90. The molecule has 6 nitrogen and oxygen atoms in total. The Bertz CT molecular complexity index is 753. The summed E-state index contributed by atoms with van der Waals surface area (Å²) in [5, 5.41) is 16.3. The molecule has 2 aromatic rings. The van der Waals surface area contributed by atoms with Crippen LogP contribution in [0.4, 0.5) is 0 Å². The zero-order valence-electron chi connectivity index (χ0n) is 13.7. The predicted octanol–water partition coefficient (Wildman–Crippen LogP) is 2.58. The van der Waals surface area contributed by atoms with Crippen molar-refractivity contribution in [1.29, 1.82) is 0 Å². The van der Waals surface area contributed by atoms with Crippen LogP contribution < -0.4 is 0 Å². The van der Waals surface area contributed by atoms with E-state index in [1.165, 1.54) is 0 Å². The van der Waals surface area contributed by atoms with Crippen molar-refractivity contribution >= 4 is 11.9 Å². The van der Waals surface area contributed by atoms with E-state index in [1.54, 1.807) is 11.0 Å². The molecule has 2 heterocycles. The molecule has 0 bridgehead atoms. The van der Waals surface area contributed by atoms with Gasteiger partial charge in [0.1, 0.15) is 5.69 Å². The minimum atomic E-state index is -0.914. The Balaban J connectivity index is 1.90. The van der Waals surface area contributed by atoms with Gasteiger partial charge in [0.25, 0.3) is 5.91 Å². The maximum atomic E-state index is 12.9. The molecule has 0 radical (unpaired) electrons. The third-order valence-corrected chi connectivity index (χ3v) is 4.41. The van der Waals surface area contributed by atoms with Gasteiger partial charge >= 0.3 is 5.97 Å². The maximum absolute atomic E-state index is 12.9. The first-order valence-corrected chi connectivity index (χ1v) is 8.25. The van der Waals surface area contributed by atoms with E-state index in [0.717, 1.165) is 36.1 Å². The Morgan fingerprint density at radius 1 is 1.38 bits per heavy atom. The zero-order chi connectivity index (χ0) is 17.1. The van der Waals surface area contributed by atoms with Crippen molar-refractivity contribution in [2.24, 2.45) is 0 Å². The molecule has 1 atom stereocenters. The fourth-order valence-corrected chi connectivity index (χ4v) is 3.30. The summed E-state index contributed by atoms with van der Waals surface area (Å²) in [6.07, 6.45) is 2.43. The van der Waals surface area contributed by atoms with E-state index in [-0.39, 0.29) is 12.3 Å². The van der Waals surface area contributed by atoms with Crippen LogP contribution in [-0.4, -0.2) is 38.6 Å². The molecule has 0 aliphatic carbocycles. The summed E-state index contributed by atoms with van der Waals surface area (Å²) in [5.41, 5.74) is 3.31. The number of carbonyl (C=O) groups excluding carboxylic acids is 1. The van der Waals surface area contributed by atoms with Crippen LogP contribution in [0.15, 0.2) is 30.3 Å². The third-order valence-electron chi connectivity index (χ3n) is 4.41. The molecule has 0 saturated carbocycles. The molecule has 1 aliphatic rings. The summed E-state index contributed by atoms with van der Waals surface area (Å²) in [4.78, 5) is 25.8. The van der Waals surface area contributed by atoms with Crippen LogP contribution in [0.1, 0.15) is 53.1 Å². The highest BCUT2D eigenvalue weighted by Crippen LogP contribution is 2.33. The van der Waals surface area contributed by atoms with Crippen molar-refractivity contribution in [2.45, 2.75) is 38.6 Å². The van der Waals surface area contributed by atoms with Crippen molar-refractivity contribution in [2.75, 3.05) is 6.54 Å². The van der Waals surface area contributed by atoms with Crippen LogP contribution in [0.5, 0.6) is 0 Å². The second-order valence-corrected chi connectivity index (χ2v) is 6.09. The minimum Gasteiger partial charge on any atom is -0.481 e. The fourth-order valence-electron chi connectivity index (χ4n) is 3.30. The van der Waals surface area contributed by atoms with E-state index >= 15 is 0 Å². The number of carbonyl (C=O) groups is 2. The Morgan fingerprint density at radius 3 is 2.92 bits per heavy atom. The largest absolute Gasteiger partial charge is 0.481 e. The molecule has 1 aromatic heterocycles. The highest BCUT2D eigenvalue weighted by Gasteiger charge is 2.33. The Labute approximate surface area is 140 Å². The van der Waals surface area contributed by atoms with Crippen LogP contribution in [0.25, 0.3) is 0 Å². The molecule has 1 aromatic carbocycles. The number of aliphatic carboxylic acids is 1. The summed E-state index contributed by atoms with van der Waals surface area (Å²) in [6, 6.07) is 9.06. The van der Waals surface area contributed by atoms with Crippen molar-refractivity contribution in [3.8, 4) is 0 Å². The van der Waals surface area contributed by atoms with Gasteiger partial charge in [0.05, 0.1) is 12.5 Å². The first kappa shape index (κ1) is 16.2. The van der Waals surface area contributed by atoms with Gasteiger partial charge in [-0.05, 0) is 30.0 Å². The van der Waals surface area contributed by atoms with E-state index in [2.05, 4.69) is 17.1 Å². The quantitative estimate of drug-likeness (QED) is 0.884. The van der Waals surface area contributed by atoms with Crippen molar-refractivity contribution in [3.05, 3.63) is 52.8 Å². The normalized spacial score (nSPS) is 16.7. The Kier molecular flexibility index (Phi) is 4.64. The monoisotopic (exact) mass is 327 g/mol. The number of benzene rings is 1. The molecule has 3 rings (SSSR count). The average molecular weight is 327 g/mol. The van der Waals surface area contributed by atoms with E-state index in [9.17, 15) is 14.7 Å². The zero-order valence-corrected chi connectivity index (χ0v) is 13.7. The number of carboxylic acid groups (broad SMARTS) is 1. The van der Waals surface area contributed by atoms with Gasteiger partial charge in [0, 0.05) is 12.2 Å². The molecule has 0 spiro atoms. The number of hydrogen-bond acceptors (Lipinski definition) is 3. The Hall–Kier alpha value is -2.63. The highest BCUT2D eigenvalue weighted by molar-refractivity contribution is 5.93. The maximum Gasteiger partial charge on any atom is 0.305 e. The van der Waals surface area contributed by atoms with Crippen LogP contribution >= 0.6 is 0 Å². The molecule has 1 aliphatic heterocycles. The SMILES string of the molecule is CCCc1cc(C(=O)N2CCc3ccccc3C2CC(=O)O)n[nH]1. The molecule has 1 unspecified atom stereocenters. The van der Waals surface area contributed by atoms with Gasteiger partial charge in [0.2, 0.25) is 0 Å². The first-order chi connectivity index (χ1) is 11.6. The van der Waals surface area contributed by atoms with Crippen molar-refractivity contribution in [3.63, 3.8) is 0 Å². The van der Waals surface area contributed by atoms with E-state index in [1.807, 2.05) is 24.3 Å². The molecule has 0 fully saturated rings. The van der Waals surface area contributed by atoms with Crippen LogP contribution in [0.3, 0.4) is 0 Å². The van der Waals surface area contributed by atoms with Gasteiger partial charge in [-0.3, -0.25) is 14.7 Å². The lowest BCUT2D eigenvalue weighted by Gasteiger charge is -2.36. The number of carboxylic acids is 1. The number of fused-ring (bicyclic) bond motifs is 1. The predicted molar refractivity (Wildman–Crippen MR) is 88.8 cm³/mol. The summed E-state index contributed by atoms with van der Waals surface area (Å²) in [6.45, 7) is 2.57. The molecular weight excluding hydrogens is 306 g/mol. The molecule has 6 heteroatoms. The minimum absolute atomic E-state index is 0.102. The molecule has 2 N–H and O–H groups in total. The number of rotatable bonds is 5.